The van der Waals surface area contributed by atoms with Gasteiger partial charge < -0.3 is 19.9 Å². The van der Waals surface area contributed by atoms with Crippen molar-refractivity contribution in [3.63, 3.8) is 0 Å². The van der Waals surface area contributed by atoms with E-state index in [2.05, 4.69) is 10.3 Å². The number of rotatable bonds is 6. The van der Waals surface area contributed by atoms with Gasteiger partial charge in [-0.3, -0.25) is 0 Å². The Bertz CT molecular complexity index is 572. The standard InChI is InChI=1S/C13H15ClN2O3S/c1-18-12(19-2)10-5-8(3-4-11(10)17)15-6-9-7-16-13(14)20-9/h3-5,7,12,15,17H,6H2,1-2H3. The van der Waals surface area contributed by atoms with Gasteiger partial charge in [-0.25, -0.2) is 4.98 Å². The van der Waals surface area contributed by atoms with Crippen LogP contribution in [0.2, 0.25) is 4.47 Å². The molecule has 5 nitrogen and oxygen atoms in total. The number of thiazole rings is 1. The number of hydrogen-bond acceptors (Lipinski definition) is 6. The molecule has 1 aromatic carbocycles. The molecule has 0 amide bonds. The van der Waals surface area contributed by atoms with Crippen LogP contribution in [0.5, 0.6) is 5.75 Å². The zero-order valence-electron chi connectivity index (χ0n) is 11.1. The summed E-state index contributed by atoms with van der Waals surface area (Å²) in [6.45, 7) is 0.610. The topological polar surface area (TPSA) is 63.6 Å². The number of aromatic nitrogens is 1. The maximum atomic E-state index is 9.84. The molecular formula is C13H15ClN2O3S. The fraction of sp³-hybridized carbons (Fsp3) is 0.308. The average molecular weight is 315 g/mol. The number of anilines is 1. The first-order valence-corrected chi connectivity index (χ1v) is 7.06. The number of hydrogen-bond donors (Lipinski definition) is 2. The molecular weight excluding hydrogens is 300 g/mol. The third kappa shape index (κ3) is 3.61. The van der Waals surface area contributed by atoms with Crippen LogP contribution in [0.1, 0.15) is 16.7 Å². The molecule has 0 spiro atoms. The lowest BCUT2D eigenvalue weighted by atomic mass is 10.1. The maximum absolute atomic E-state index is 9.84. The van der Waals surface area contributed by atoms with Crippen LogP contribution in [0.15, 0.2) is 24.4 Å². The summed E-state index contributed by atoms with van der Waals surface area (Å²) >= 11 is 7.20. The number of nitrogens with one attached hydrogen (secondary N) is 1. The van der Waals surface area contributed by atoms with Crippen molar-refractivity contribution in [3.05, 3.63) is 39.3 Å². The van der Waals surface area contributed by atoms with E-state index in [0.717, 1.165) is 10.6 Å². The van der Waals surface area contributed by atoms with Crippen molar-refractivity contribution in [1.29, 1.82) is 0 Å². The summed E-state index contributed by atoms with van der Waals surface area (Å²) in [6.07, 6.45) is 1.13. The number of benzene rings is 1. The maximum Gasteiger partial charge on any atom is 0.186 e. The molecule has 20 heavy (non-hydrogen) atoms. The normalized spacial score (nSPS) is 11.0. The molecule has 0 aliphatic rings. The third-order valence-corrected chi connectivity index (χ3v) is 3.82. The lowest BCUT2D eigenvalue weighted by Crippen LogP contribution is -2.05. The largest absolute Gasteiger partial charge is 0.507 e. The molecule has 2 N–H and O–H groups in total. The van der Waals surface area contributed by atoms with Gasteiger partial charge in [-0.1, -0.05) is 11.6 Å². The smallest absolute Gasteiger partial charge is 0.186 e. The number of nitrogens with zero attached hydrogens (tertiary/aromatic N) is 1. The third-order valence-electron chi connectivity index (χ3n) is 2.70. The second-order valence-corrected chi connectivity index (χ2v) is 5.71. The lowest BCUT2D eigenvalue weighted by Gasteiger charge is -2.16. The number of methoxy groups -OCH3 is 2. The van der Waals surface area contributed by atoms with Crippen molar-refractivity contribution in [2.24, 2.45) is 0 Å². The van der Waals surface area contributed by atoms with Gasteiger partial charge >= 0.3 is 0 Å². The van der Waals surface area contributed by atoms with Crippen molar-refractivity contribution in [3.8, 4) is 5.75 Å². The highest BCUT2D eigenvalue weighted by Crippen LogP contribution is 2.30. The van der Waals surface area contributed by atoms with Crippen LogP contribution in [0, 0.1) is 0 Å². The first-order chi connectivity index (χ1) is 9.63. The minimum atomic E-state index is -0.602. The van der Waals surface area contributed by atoms with Gasteiger partial charge in [0.25, 0.3) is 0 Å². The van der Waals surface area contributed by atoms with Crippen LogP contribution < -0.4 is 5.32 Å². The highest BCUT2D eigenvalue weighted by Gasteiger charge is 2.14. The quantitative estimate of drug-likeness (QED) is 0.632. The Kier molecular flexibility index (Phi) is 5.19. The van der Waals surface area contributed by atoms with E-state index in [-0.39, 0.29) is 5.75 Å². The van der Waals surface area contributed by atoms with Crippen molar-refractivity contribution in [1.82, 2.24) is 4.98 Å². The number of aromatic hydroxyl groups is 1. The molecule has 2 aromatic rings. The average Bonchev–Trinajstić information content (AvgIpc) is 2.86. The van der Waals surface area contributed by atoms with E-state index < -0.39 is 6.29 Å². The second-order valence-electron chi connectivity index (χ2n) is 4.01. The molecule has 0 unspecified atom stereocenters. The van der Waals surface area contributed by atoms with E-state index in [0.29, 0.717) is 16.6 Å². The fourth-order valence-corrected chi connectivity index (χ4v) is 2.68. The zero-order valence-corrected chi connectivity index (χ0v) is 12.7. The monoisotopic (exact) mass is 314 g/mol. The van der Waals surface area contributed by atoms with Crippen molar-refractivity contribution in [2.45, 2.75) is 12.8 Å². The van der Waals surface area contributed by atoms with Crippen LogP contribution in [0.3, 0.4) is 0 Å². The first kappa shape index (κ1) is 15.1. The van der Waals surface area contributed by atoms with Gasteiger partial charge in [0.15, 0.2) is 10.8 Å². The molecule has 0 bridgehead atoms. The molecule has 0 fully saturated rings. The summed E-state index contributed by atoms with van der Waals surface area (Å²) in [4.78, 5) is 5.01. The Morgan fingerprint density at radius 3 is 2.75 bits per heavy atom. The van der Waals surface area contributed by atoms with Crippen LogP contribution in [-0.4, -0.2) is 24.3 Å². The zero-order chi connectivity index (χ0) is 14.5. The van der Waals surface area contributed by atoms with Gasteiger partial charge in [0.2, 0.25) is 0 Å². The molecule has 7 heteroatoms. The number of phenols is 1. The summed E-state index contributed by atoms with van der Waals surface area (Å²) in [5.74, 6) is 0.130. The highest BCUT2D eigenvalue weighted by molar-refractivity contribution is 7.15. The van der Waals surface area contributed by atoms with Crippen LogP contribution in [-0.2, 0) is 16.0 Å². The molecule has 1 aromatic heterocycles. The molecule has 0 aliphatic heterocycles. The minimum absolute atomic E-state index is 0.130. The number of phenolic OH excluding ortho intramolecular Hbond substituents is 1. The van der Waals surface area contributed by atoms with Crippen molar-refractivity contribution in [2.75, 3.05) is 19.5 Å². The minimum Gasteiger partial charge on any atom is -0.507 e. The Morgan fingerprint density at radius 1 is 1.40 bits per heavy atom. The number of ether oxygens (including phenoxy) is 2. The van der Waals surface area contributed by atoms with Crippen LogP contribution in [0.25, 0.3) is 0 Å². The van der Waals surface area contributed by atoms with Gasteiger partial charge in [-0.05, 0) is 18.2 Å². The summed E-state index contributed by atoms with van der Waals surface area (Å²) in [5.41, 5.74) is 1.42. The van der Waals surface area contributed by atoms with Crippen LogP contribution >= 0.6 is 22.9 Å². The fourth-order valence-electron chi connectivity index (χ4n) is 1.76. The van der Waals surface area contributed by atoms with E-state index >= 15 is 0 Å². The Morgan fingerprint density at radius 2 is 2.15 bits per heavy atom. The van der Waals surface area contributed by atoms with Gasteiger partial charge in [0.1, 0.15) is 5.75 Å². The van der Waals surface area contributed by atoms with Gasteiger partial charge in [-0.15, -0.1) is 11.3 Å². The SMILES string of the molecule is COC(OC)c1cc(NCc2cnc(Cl)s2)ccc1O. The first-order valence-electron chi connectivity index (χ1n) is 5.86. The summed E-state index contributed by atoms with van der Waals surface area (Å²) < 4.78 is 10.8. The summed E-state index contributed by atoms with van der Waals surface area (Å²) in [7, 11) is 3.04. The van der Waals surface area contributed by atoms with E-state index in [4.69, 9.17) is 21.1 Å². The Hall–Kier alpha value is -1.34. The lowest BCUT2D eigenvalue weighted by molar-refractivity contribution is -0.106. The van der Waals surface area contributed by atoms with E-state index in [1.54, 1.807) is 24.4 Å². The molecule has 0 aliphatic carbocycles. The van der Waals surface area contributed by atoms with E-state index in [1.165, 1.54) is 25.6 Å². The highest BCUT2D eigenvalue weighted by atomic mass is 35.5. The van der Waals surface area contributed by atoms with E-state index in [9.17, 15) is 5.11 Å². The number of halogens is 1. The summed E-state index contributed by atoms with van der Waals surface area (Å²) in [5, 5.41) is 13.1. The molecule has 0 saturated heterocycles. The van der Waals surface area contributed by atoms with Crippen molar-refractivity contribution >= 4 is 28.6 Å². The van der Waals surface area contributed by atoms with Gasteiger partial charge in [0, 0.05) is 31.0 Å². The molecule has 2 rings (SSSR count). The Labute approximate surface area is 126 Å². The second kappa shape index (κ2) is 6.90. The predicted molar refractivity (Wildman–Crippen MR) is 79.3 cm³/mol. The molecule has 0 atom stereocenters. The Balaban J connectivity index is 2.10. The van der Waals surface area contributed by atoms with Crippen molar-refractivity contribution < 1.29 is 14.6 Å². The van der Waals surface area contributed by atoms with E-state index in [1.807, 2.05) is 0 Å². The molecule has 108 valence electrons. The van der Waals surface area contributed by atoms with Gasteiger partial charge in [0.05, 0.1) is 12.1 Å². The summed E-state index contributed by atoms with van der Waals surface area (Å²) in [6, 6.07) is 5.17. The van der Waals surface area contributed by atoms with Gasteiger partial charge in [-0.2, -0.15) is 0 Å². The predicted octanol–water partition coefficient (Wildman–Crippen LogP) is 3.41. The molecule has 1 heterocycles. The molecule has 0 saturated carbocycles. The van der Waals surface area contributed by atoms with Crippen LogP contribution in [0.4, 0.5) is 5.69 Å². The molecule has 0 radical (unpaired) electrons.